The van der Waals surface area contributed by atoms with Gasteiger partial charge in [0, 0.05) is 18.8 Å². The Labute approximate surface area is 204 Å². The molecule has 0 radical (unpaired) electrons. The van der Waals surface area contributed by atoms with Crippen molar-refractivity contribution in [3.8, 4) is 0 Å². The number of carbonyl (C=O) groups excluding carboxylic acids is 1. The number of aryl methyl sites for hydroxylation is 2. The molecule has 1 amide bonds. The number of carboxylic acids is 1. The van der Waals surface area contributed by atoms with Crippen LogP contribution in [0.4, 0.5) is 5.82 Å². The minimum atomic E-state index is -0.903. The lowest BCUT2D eigenvalue weighted by atomic mass is 10.1. The molecule has 3 N–H and O–H groups in total. The quantitative estimate of drug-likeness (QED) is 0.378. The van der Waals surface area contributed by atoms with E-state index in [9.17, 15) is 9.59 Å². The van der Waals surface area contributed by atoms with Crippen LogP contribution in [0.5, 0.6) is 0 Å². The van der Waals surface area contributed by atoms with Gasteiger partial charge in [-0.25, -0.2) is 4.98 Å². The second kappa shape index (κ2) is 17.5. The number of nitrogens with one attached hydrogen (secondary N) is 2. The maximum atomic E-state index is 9.72. The summed E-state index contributed by atoms with van der Waals surface area (Å²) in [4.78, 5) is 26.6. The van der Waals surface area contributed by atoms with E-state index >= 15 is 0 Å². The molecule has 1 aromatic heterocycles. The molecule has 0 aliphatic carbocycles. The van der Waals surface area contributed by atoms with Crippen molar-refractivity contribution in [1.29, 1.82) is 0 Å². The second-order valence-corrected chi connectivity index (χ2v) is 8.57. The molecule has 186 valence electrons. The number of aromatic nitrogens is 1. The highest BCUT2D eigenvalue weighted by Gasteiger charge is 2.11. The zero-order chi connectivity index (χ0) is 24.3. The van der Waals surface area contributed by atoms with E-state index in [1.807, 2.05) is 36.4 Å². The smallest absolute Gasteiger partial charge is 0.305 e. The van der Waals surface area contributed by atoms with Gasteiger partial charge in [0.05, 0.1) is 6.42 Å². The van der Waals surface area contributed by atoms with Gasteiger partial charge in [0.25, 0.3) is 0 Å². The van der Waals surface area contributed by atoms with Crippen molar-refractivity contribution in [2.75, 3.05) is 38.0 Å². The first-order valence-electron chi connectivity index (χ1n) is 12.5. The first kappa shape index (κ1) is 27.3. The number of rotatable bonds is 9. The molecular weight excluding hydrogens is 428 g/mol. The Kier molecular flexibility index (Phi) is 14.1. The minimum Gasteiger partial charge on any atom is -0.481 e. The van der Waals surface area contributed by atoms with Gasteiger partial charge in [-0.2, -0.15) is 0 Å². The molecule has 0 bridgehead atoms. The third-order valence-corrected chi connectivity index (χ3v) is 5.79. The number of likely N-dealkylation sites (tertiary alicyclic amines) is 1. The van der Waals surface area contributed by atoms with E-state index < -0.39 is 5.97 Å². The zero-order valence-corrected chi connectivity index (χ0v) is 20.3. The largest absolute Gasteiger partial charge is 0.481 e. The molecule has 2 aliphatic heterocycles. The number of carbonyl (C=O) groups is 2. The number of fused-ring (bicyclic) bond motifs is 1. The molecule has 2 aliphatic rings. The number of carboxylic acid groups (broad SMARTS) is 1. The molecule has 7 nitrogen and oxygen atoms in total. The standard InChI is InChI=1S/C17H27N3.C6H6.C4H7NO3/c1-3-12-20(13-4-1)14-5-2-8-16-10-9-15-7-6-11-18-17(15)19-16;1-2-4-6-5-3-1;6-3-5-2-1-4(7)8/h9-10H,1-8,11-14H2,(H,18,19);1-6H;3H,1-2H2,(H,5,6)(H,7,8). The van der Waals surface area contributed by atoms with Crippen LogP contribution in [0.2, 0.25) is 0 Å². The number of aliphatic carboxylic acids is 1. The average molecular weight is 469 g/mol. The third-order valence-electron chi connectivity index (χ3n) is 5.79. The van der Waals surface area contributed by atoms with Gasteiger partial charge in [0.15, 0.2) is 0 Å². The molecule has 0 saturated carbocycles. The highest BCUT2D eigenvalue weighted by atomic mass is 16.4. The van der Waals surface area contributed by atoms with Crippen molar-refractivity contribution >= 4 is 18.2 Å². The summed E-state index contributed by atoms with van der Waals surface area (Å²) >= 11 is 0. The van der Waals surface area contributed by atoms with Crippen LogP contribution < -0.4 is 10.6 Å². The van der Waals surface area contributed by atoms with Crippen molar-refractivity contribution in [2.24, 2.45) is 0 Å². The monoisotopic (exact) mass is 468 g/mol. The van der Waals surface area contributed by atoms with Crippen LogP contribution in [0.3, 0.4) is 0 Å². The fourth-order valence-corrected chi connectivity index (χ4v) is 3.96. The Balaban J connectivity index is 0.000000240. The third kappa shape index (κ3) is 12.3. The van der Waals surface area contributed by atoms with Crippen LogP contribution in [-0.4, -0.2) is 60.1 Å². The predicted octanol–water partition coefficient (Wildman–Crippen LogP) is 4.14. The summed E-state index contributed by atoms with van der Waals surface area (Å²) in [6.45, 7) is 5.21. The van der Waals surface area contributed by atoms with Crippen LogP contribution in [0.1, 0.15) is 56.2 Å². The molecule has 1 aromatic carbocycles. The topological polar surface area (TPSA) is 94.6 Å². The number of amides is 1. The van der Waals surface area contributed by atoms with E-state index in [0.29, 0.717) is 6.41 Å². The van der Waals surface area contributed by atoms with E-state index in [2.05, 4.69) is 27.7 Å². The number of hydrogen-bond donors (Lipinski definition) is 3. The fraction of sp³-hybridized carbons (Fsp3) is 0.519. The van der Waals surface area contributed by atoms with E-state index in [0.717, 1.165) is 18.8 Å². The second-order valence-electron chi connectivity index (χ2n) is 8.57. The van der Waals surface area contributed by atoms with E-state index in [1.54, 1.807) is 0 Å². The normalized spacial score (nSPS) is 14.7. The van der Waals surface area contributed by atoms with E-state index in [4.69, 9.17) is 10.1 Å². The molecule has 0 atom stereocenters. The Bertz CT molecular complexity index is 784. The average Bonchev–Trinajstić information content (AvgIpc) is 2.89. The Morgan fingerprint density at radius 2 is 1.74 bits per heavy atom. The lowest BCUT2D eigenvalue weighted by Gasteiger charge is -2.26. The summed E-state index contributed by atoms with van der Waals surface area (Å²) in [5.41, 5.74) is 2.66. The Morgan fingerprint density at radius 1 is 1.03 bits per heavy atom. The Hall–Kier alpha value is -2.93. The minimum absolute atomic E-state index is 0.0151. The summed E-state index contributed by atoms with van der Waals surface area (Å²) in [5, 5.41) is 13.6. The lowest BCUT2D eigenvalue weighted by Crippen LogP contribution is -2.30. The first-order valence-corrected chi connectivity index (χ1v) is 12.5. The summed E-state index contributed by atoms with van der Waals surface area (Å²) in [5.74, 6) is 0.240. The summed E-state index contributed by atoms with van der Waals surface area (Å²) in [6, 6.07) is 16.5. The number of anilines is 1. The van der Waals surface area contributed by atoms with Gasteiger partial charge in [-0.05, 0) is 76.2 Å². The van der Waals surface area contributed by atoms with Gasteiger partial charge >= 0.3 is 5.97 Å². The molecular formula is C27H40N4O3. The van der Waals surface area contributed by atoms with Crippen LogP contribution in [0, 0.1) is 0 Å². The van der Waals surface area contributed by atoms with Crippen LogP contribution in [0.25, 0.3) is 0 Å². The van der Waals surface area contributed by atoms with Crippen LogP contribution in [-0.2, 0) is 22.4 Å². The lowest BCUT2D eigenvalue weighted by molar-refractivity contribution is -0.136. The number of piperidine rings is 1. The van der Waals surface area contributed by atoms with Crippen LogP contribution >= 0.6 is 0 Å². The van der Waals surface area contributed by atoms with Gasteiger partial charge in [-0.3, -0.25) is 9.59 Å². The summed E-state index contributed by atoms with van der Waals surface area (Å²) in [7, 11) is 0. The van der Waals surface area contributed by atoms with E-state index in [-0.39, 0.29) is 13.0 Å². The fourth-order valence-electron chi connectivity index (χ4n) is 3.96. The highest BCUT2D eigenvalue weighted by molar-refractivity contribution is 5.67. The molecule has 1 saturated heterocycles. The van der Waals surface area contributed by atoms with Gasteiger partial charge in [0.1, 0.15) is 5.82 Å². The summed E-state index contributed by atoms with van der Waals surface area (Å²) < 4.78 is 0. The van der Waals surface area contributed by atoms with Crippen molar-refractivity contribution in [3.63, 3.8) is 0 Å². The first-order chi connectivity index (χ1) is 16.7. The molecule has 2 aromatic rings. The number of unbranched alkanes of at least 4 members (excludes halogenated alkanes) is 1. The number of pyridine rings is 1. The van der Waals surface area contributed by atoms with Gasteiger partial charge in [-0.15, -0.1) is 0 Å². The molecule has 0 spiro atoms. The molecule has 3 heterocycles. The Morgan fingerprint density at radius 3 is 2.38 bits per heavy atom. The number of benzene rings is 1. The number of hydrogen-bond acceptors (Lipinski definition) is 5. The predicted molar refractivity (Wildman–Crippen MR) is 137 cm³/mol. The maximum Gasteiger partial charge on any atom is 0.305 e. The van der Waals surface area contributed by atoms with Crippen molar-refractivity contribution in [3.05, 3.63) is 59.8 Å². The maximum absolute atomic E-state index is 9.72. The molecule has 7 heteroatoms. The SMILES string of the molecule is O=CNCCC(=O)O.c1cc2c(nc1CCCCN1CCCCC1)NCCC2.c1ccccc1. The molecule has 4 rings (SSSR count). The van der Waals surface area contributed by atoms with Crippen molar-refractivity contribution in [1.82, 2.24) is 15.2 Å². The van der Waals surface area contributed by atoms with Crippen molar-refractivity contribution in [2.45, 2.75) is 57.8 Å². The highest BCUT2D eigenvalue weighted by Crippen LogP contribution is 2.20. The van der Waals surface area contributed by atoms with E-state index in [1.165, 1.54) is 75.8 Å². The summed E-state index contributed by atoms with van der Waals surface area (Å²) in [6.07, 6.45) is 10.8. The van der Waals surface area contributed by atoms with Crippen LogP contribution in [0.15, 0.2) is 48.5 Å². The molecule has 1 fully saturated rings. The van der Waals surface area contributed by atoms with Gasteiger partial charge < -0.3 is 20.6 Å². The number of nitrogens with zero attached hydrogens (tertiary/aromatic N) is 2. The molecule has 0 unspecified atom stereocenters. The van der Waals surface area contributed by atoms with Crippen molar-refractivity contribution < 1.29 is 14.7 Å². The molecule has 34 heavy (non-hydrogen) atoms. The van der Waals surface area contributed by atoms with Gasteiger partial charge in [-0.1, -0.05) is 48.9 Å². The van der Waals surface area contributed by atoms with Gasteiger partial charge in [0.2, 0.25) is 6.41 Å². The zero-order valence-electron chi connectivity index (χ0n) is 20.3.